The molecular formula is C20H27N3O3. The summed E-state index contributed by atoms with van der Waals surface area (Å²) in [4.78, 5) is 32.8. The molecule has 1 aliphatic carbocycles. The summed E-state index contributed by atoms with van der Waals surface area (Å²) in [6, 6.07) is 10.3. The van der Waals surface area contributed by atoms with Crippen molar-refractivity contribution in [1.82, 2.24) is 15.3 Å². The minimum absolute atomic E-state index is 0.0391. The summed E-state index contributed by atoms with van der Waals surface area (Å²) in [5.74, 6) is 0.0395. The molecule has 2 heterocycles. The van der Waals surface area contributed by atoms with E-state index >= 15 is 0 Å². The van der Waals surface area contributed by atoms with Gasteiger partial charge in [0.25, 0.3) is 0 Å². The van der Waals surface area contributed by atoms with Crippen molar-refractivity contribution < 1.29 is 14.4 Å². The number of nitrogens with zero attached hydrogens (tertiary/aromatic N) is 2. The smallest absolute Gasteiger partial charge is 0.317 e. The first-order valence-corrected chi connectivity index (χ1v) is 9.72. The third-order valence-electron chi connectivity index (χ3n) is 5.87. The van der Waals surface area contributed by atoms with Crippen LogP contribution in [0.4, 0.5) is 4.79 Å². The van der Waals surface area contributed by atoms with Crippen LogP contribution in [0.5, 0.6) is 0 Å². The molecule has 0 atom stereocenters. The Hall–Kier alpha value is -2.08. The summed E-state index contributed by atoms with van der Waals surface area (Å²) >= 11 is 0. The lowest BCUT2D eigenvalue weighted by Crippen LogP contribution is -2.51. The molecule has 1 aromatic rings. The fourth-order valence-corrected chi connectivity index (χ4v) is 4.27. The van der Waals surface area contributed by atoms with Gasteiger partial charge in [0.2, 0.25) is 5.91 Å². The summed E-state index contributed by atoms with van der Waals surface area (Å²) in [5, 5.41) is 4.65. The molecule has 2 saturated heterocycles. The lowest BCUT2D eigenvalue weighted by Gasteiger charge is -2.38. The number of carbonyl (C=O) groups excluding carboxylic acids is 2. The number of rotatable bonds is 3. The average molecular weight is 357 g/mol. The Kier molecular flexibility index (Phi) is 4.85. The maximum atomic E-state index is 12.4. The number of benzene rings is 1. The predicted molar refractivity (Wildman–Crippen MR) is 97.0 cm³/mol. The highest BCUT2D eigenvalue weighted by atomic mass is 16.7. The lowest BCUT2D eigenvalue weighted by atomic mass is 9.89. The number of amides is 3. The highest BCUT2D eigenvalue weighted by Crippen LogP contribution is 2.37. The average Bonchev–Trinajstić information content (AvgIpc) is 3.25. The van der Waals surface area contributed by atoms with Crippen molar-refractivity contribution in [2.45, 2.75) is 63.1 Å². The molecule has 1 spiro atoms. The third kappa shape index (κ3) is 3.70. The van der Waals surface area contributed by atoms with Gasteiger partial charge in [-0.3, -0.25) is 9.63 Å². The SMILES string of the molecule is O=C(NC1CCCC1)N1CCC2(CC1)CC(=O)N(Cc1ccccc1)O2. The minimum atomic E-state index is -0.435. The summed E-state index contributed by atoms with van der Waals surface area (Å²) in [7, 11) is 0. The first-order valence-electron chi connectivity index (χ1n) is 9.72. The Labute approximate surface area is 154 Å². The van der Waals surface area contributed by atoms with Crippen LogP contribution >= 0.6 is 0 Å². The van der Waals surface area contributed by atoms with E-state index in [2.05, 4.69) is 5.32 Å². The number of carbonyl (C=O) groups is 2. The van der Waals surface area contributed by atoms with Crippen LogP contribution in [0.2, 0.25) is 0 Å². The van der Waals surface area contributed by atoms with Gasteiger partial charge in [-0.05, 0) is 31.2 Å². The Morgan fingerprint density at radius 1 is 1.15 bits per heavy atom. The standard InChI is InChI=1S/C20H27N3O3/c24-18-14-20(26-23(18)15-16-6-2-1-3-7-16)10-12-22(13-11-20)19(25)21-17-8-4-5-9-17/h1-3,6-7,17H,4-5,8-15H2,(H,21,25). The van der Waals surface area contributed by atoms with E-state index in [4.69, 9.17) is 4.84 Å². The van der Waals surface area contributed by atoms with Gasteiger partial charge in [0.1, 0.15) is 5.60 Å². The molecule has 0 unspecified atom stereocenters. The molecule has 6 heteroatoms. The van der Waals surface area contributed by atoms with Gasteiger partial charge >= 0.3 is 6.03 Å². The maximum Gasteiger partial charge on any atom is 0.317 e. The second kappa shape index (κ2) is 7.27. The molecule has 0 radical (unpaired) electrons. The lowest BCUT2D eigenvalue weighted by molar-refractivity contribution is -0.213. The highest BCUT2D eigenvalue weighted by Gasteiger charge is 2.47. The van der Waals surface area contributed by atoms with Crippen LogP contribution in [0.3, 0.4) is 0 Å². The molecule has 0 aromatic heterocycles. The Morgan fingerprint density at radius 2 is 1.85 bits per heavy atom. The summed E-state index contributed by atoms with van der Waals surface area (Å²) < 4.78 is 0. The van der Waals surface area contributed by atoms with Crippen molar-refractivity contribution >= 4 is 11.9 Å². The molecule has 3 amide bonds. The second-order valence-electron chi connectivity index (χ2n) is 7.78. The predicted octanol–water partition coefficient (Wildman–Crippen LogP) is 2.84. The van der Waals surface area contributed by atoms with E-state index in [1.807, 2.05) is 35.2 Å². The van der Waals surface area contributed by atoms with Crippen molar-refractivity contribution in [2.24, 2.45) is 0 Å². The Morgan fingerprint density at radius 3 is 2.54 bits per heavy atom. The largest absolute Gasteiger partial charge is 0.335 e. The van der Waals surface area contributed by atoms with Crippen molar-refractivity contribution in [3.05, 3.63) is 35.9 Å². The van der Waals surface area contributed by atoms with Crippen LogP contribution in [0, 0.1) is 0 Å². The van der Waals surface area contributed by atoms with Gasteiger partial charge in [-0.15, -0.1) is 0 Å². The Balaban J connectivity index is 1.30. The number of hydrogen-bond acceptors (Lipinski definition) is 3. The van der Waals surface area contributed by atoms with E-state index in [-0.39, 0.29) is 11.9 Å². The van der Waals surface area contributed by atoms with Gasteiger partial charge in [0.15, 0.2) is 0 Å². The number of nitrogens with one attached hydrogen (secondary N) is 1. The maximum absolute atomic E-state index is 12.4. The van der Waals surface area contributed by atoms with Crippen LogP contribution < -0.4 is 5.32 Å². The number of likely N-dealkylation sites (tertiary alicyclic amines) is 1. The molecule has 140 valence electrons. The number of piperidine rings is 1. The first kappa shape index (κ1) is 17.3. The molecular weight excluding hydrogens is 330 g/mol. The summed E-state index contributed by atoms with van der Waals surface area (Å²) in [6.07, 6.45) is 6.44. The van der Waals surface area contributed by atoms with Crippen molar-refractivity contribution in [3.8, 4) is 0 Å². The van der Waals surface area contributed by atoms with E-state index in [1.165, 1.54) is 17.9 Å². The van der Waals surface area contributed by atoms with Crippen LogP contribution in [0.25, 0.3) is 0 Å². The molecule has 26 heavy (non-hydrogen) atoms. The minimum Gasteiger partial charge on any atom is -0.335 e. The van der Waals surface area contributed by atoms with Gasteiger partial charge < -0.3 is 10.2 Å². The van der Waals surface area contributed by atoms with E-state index in [9.17, 15) is 9.59 Å². The zero-order valence-corrected chi connectivity index (χ0v) is 15.2. The monoisotopic (exact) mass is 357 g/mol. The fraction of sp³-hybridized carbons (Fsp3) is 0.600. The van der Waals surface area contributed by atoms with Crippen LogP contribution in [0.1, 0.15) is 50.5 Å². The van der Waals surface area contributed by atoms with E-state index in [0.29, 0.717) is 44.9 Å². The van der Waals surface area contributed by atoms with Crippen LogP contribution in [-0.4, -0.2) is 46.6 Å². The van der Waals surface area contributed by atoms with Crippen molar-refractivity contribution in [3.63, 3.8) is 0 Å². The molecule has 0 bridgehead atoms. The van der Waals surface area contributed by atoms with Gasteiger partial charge in [0.05, 0.1) is 13.0 Å². The number of urea groups is 1. The molecule has 6 nitrogen and oxygen atoms in total. The van der Waals surface area contributed by atoms with E-state index in [1.54, 1.807) is 0 Å². The first-order chi connectivity index (χ1) is 12.6. The van der Waals surface area contributed by atoms with Gasteiger partial charge in [-0.2, -0.15) is 0 Å². The van der Waals surface area contributed by atoms with Gasteiger partial charge in [-0.1, -0.05) is 43.2 Å². The highest BCUT2D eigenvalue weighted by molar-refractivity contribution is 5.78. The second-order valence-corrected chi connectivity index (χ2v) is 7.78. The van der Waals surface area contributed by atoms with E-state index in [0.717, 1.165) is 18.4 Å². The van der Waals surface area contributed by atoms with E-state index < -0.39 is 5.60 Å². The molecule has 3 aliphatic rings. The normalized spacial score (nSPS) is 23.0. The molecule has 1 saturated carbocycles. The van der Waals surface area contributed by atoms with Crippen molar-refractivity contribution in [1.29, 1.82) is 0 Å². The number of hydrogen-bond donors (Lipinski definition) is 1. The molecule has 4 rings (SSSR count). The Bertz CT molecular complexity index is 650. The van der Waals surface area contributed by atoms with Gasteiger partial charge in [-0.25, -0.2) is 9.86 Å². The zero-order chi connectivity index (χ0) is 18.0. The topological polar surface area (TPSA) is 61.9 Å². The third-order valence-corrected chi connectivity index (χ3v) is 5.87. The zero-order valence-electron chi connectivity index (χ0n) is 15.2. The van der Waals surface area contributed by atoms with Crippen LogP contribution in [0.15, 0.2) is 30.3 Å². The molecule has 2 aliphatic heterocycles. The van der Waals surface area contributed by atoms with Crippen molar-refractivity contribution in [2.75, 3.05) is 13.1 Å². The summed E-state index contributed by atoms with van der Waals surface area (Å²) in [6.45, 7) is 1.77. The number of hydroxylamine groups is 2. The molecule has 1 aromatic carbocycles. The molecule has 3 fully saturated rings. The fourth-order valence-electron chi connectivity index (χ4n) is 4.27. The van der Waals surface area contributed by atoms with Crippen LogP contribution in [-0.2, 0) is 16.2 Å². The quantitative estimate of drug-likeness (QED) is 0.905. The molecule has 1 N–H and O–H groups in total. The van der Waals surface area contributed by atoms with Gasteiger partial charge in [0, 0.05) is 19.1 Å². The summed E-state index contributed by atoms with van der Waals surface area (Å²) in [5.41, 5.74) is 0.627.